The number of hydrogen-bond acceptors (Lipinski definition) is 3. The molecule has 0 saturated heterocycles. The number of benzene rings is 2. The Labute approximate surface area is 152 Å². The summed E-state index contributed by atoms with van der Waals surface area (Å²) in [6.07, 6.45) is 0. The Bertz CT molecular complexity index is 707. The molecule has 0 spiro atoms. The van der Waals surface area contributed by atoms with Crippen LogP contribution in [0.1, 0.15) is 25.5 Å². The van der Waals surface area contributed by atoms with Gasteiger partial charge in [-0.2, -0.15) is 0 Å². The van der Waals surface area contributed by atoms with E-state index in [1.165, 1.54) is 0 Å². The molecule has 0 aliphatic carbocycles. The first-order chi connectivity index (χ1) is 11.5. The molecule has 6 heteroatoms. The third kappa shape index (κ3) is 5.13. The molecule has 2 aromatic carbocycles. The zero-order valence-electron chi connectivity index (χ0n) is 13.6. The summed E-state index contributed by atoms with van der Waals surface area (Å²) in [6, 6.07) is 12.6. The van der Waals surface area contributed by atoms with E-state index in [4.69, 9.17) is 27.9 Å². The predicted octanol–water partition coefficient (Wildman–Crippen LogP) is 4.68. The molecule has 1 amide bonds. The lowest BCUT2D eigenvalue weighted by Gasteiger charge is -2.16. The summed E-state index contributed by atoms with van der Waals surface area (Å²) in [7, 11) is 0. The van der Waals surface area contributed by atoms with Crippen molar-refractivity contribution < 1.29 is 9.53 Å². The summed E-state index contributed by atoms with van der Waals surface area (Å²) >= 11 is 12.1. The Balaban J connectivity index is 1.93. The highest BCUT2D eigenvalue weighted by molar-refractivity contribution is 6.35. The number of rotatable bonds is 7. The number of hydrogen-bond donors (Lipinski definition) is 2. The van der Waals surface area contributed by atoms with Gasteiger partial charge in [-0.3, -0.25) is 4.79 Å². The Hall–Kier alpha value is -1.75. The van der Waals surface area contributed by atoms with Gasteiger partial charge in [0.05, 0.1) is 18.8 Å². The van der Waals surface area contributed by atoms with Crippen LogP contribution >= 0.6 is 23.2 Å². The van der Waals surface area contributed by atoms with Gasteiger partial charge < -0.3 is 15.4 Å². The van der Waals surface area contributed by atoms with Crippen molar-refractivity contribution >= 4 is 34.8 Å². The van der Waals surface area contributed by atoms with Crippen molar-refractivity contribution in [2.75, 3.05) is 18.5 Å². The molecule has 2 aromatic rings. The van der Waals surface area contributed by atoms with Gasteiger partial charge in [-0.15, -0.1) is 0 Å². The summed E-state index contributed by atoms with van der Waals surface area (Å²) in [5.41, 5.74) is 1.55. The molecule has 0 saturated carbocycles. The maximum absolute atomic E-state index is 12.2. The molecular formula is C18H20Cl2N2O2. The molecule has 0 aromatic heterocycles. The Morgan fingerprint density at radius 1 is 1.21 bits per heavy atom. The van der Waals surface area contributed by atoms with E-state index >= 15 is 0 Å². The van der Waals surface area contributed by atoms with Crippen molar-refractivity contribution in [1.82, 2.24) is 5.32 Å². The zero-order valence-corrected chi connectivity index (χ0v) is 15.1. The number of amides is 1. The summed E-state index contributed by atoms with van der Waals surface area (Å²) < 4.78 is 5.49. The van der Waals surface area contributed by atoms with Gasteiger partial charge in [0, 0.05) is 16.1 Å². The predicted molar refractivity (Wildman–Crippen MR) is 99.1 cm³/mol. The van der Waals surface area contributed by atoms with Crippen LogP contribution in [0.3, 0.4) is 0 Å². The largest absolute Gasteiger partial charge is 0.492 e. The molecule has 0 aliphatic rings. The number of para-hydroxylation sites is 2. The van der Waals surface area contributed by atoms with Gasteiger partial charge >= 0.3 is 0 Å². The number of halogens is 2. The molecule has 1 unspecified atom stereocenters. The number of carbonyl (C=O) groups excluding carboxylic acids is 1. The fraction of sp³-hybridized carbons (Fsp3) is 0.278. The van der Waals surface area contributed by atoms with E-state index in [1.807, 2.05) is 44.2 Å². The Morgan fingerprint density at radius 2 is 1.96 bits per heavy atom. The molecule has 4 nitrogen and oxygen atoms in total. The zero-order chi connectivity index (χ0) is 17.5. The lowest BCUT2D eigenvalue weighted by atomic mass is 10.1. The molecule has 2 rings (SSSR count). The molecule has 2 N–H and O–H groups in total. The molecule has 0 fully saturated rings. The molecule has 0 bridgehead atoms. The number of nitrogens with one attached hydrogen (secondary N) is 2. The molecule has 1 atom stereocenters. The van der Waals surface area contributed by atoms with Gasteiger partial charge in [0.1, 0.15) is 5.75 Å². The van der Waals surface area contributed by atoms with E-state index in [0.717, 1.165) is 5.56 Å². The van der Waals surface area contributed by atoms with Gasteiger partial charge in [0.25, 0.3) is 0 Å². The first kappa shape index (κ1) is 18.6. The number of carbonyl (C=O) groups is 1. The molecule has 128 valence electrons. The van der Waals surface area contributed by atoms with Crippen LogP contribution in [0.15, 0.2) is 42.5 Å². The summed E-state index contributed by atoms with van der Waals surface area (Å²) in [6.45, 7) is 4.53. The summed E-state index contributed by atoms with van der Waals surface area (Å²) in [4.78, 5) is 12.2. The van der Waals surface area contributed by atoms with Crippen LogP contribution in [-0.2, 0) is 4.79 Å². The minimum atomic E-state index is -0.154. The van der Waals surface area contributed by atoms with E-state index in [1.54, 1.807) is 12.1 Å². The van der Waals surface area contributed by atoms with E-state index in [2.05, 4.69) is 10.6 Å². The van der Waals surface area contributed by atoms with Crippen LogP contribution in [0.2, 0.25) is 10.0 Å². The van der Waals surface area contributed by atoms with E-state index in [9.17, 15) is 4.79 Å². The second-order valence-electron chi connectivity index (χ2n) is 5.25. The molecular weight excluding hydrogens is 347 g/mol. The average molecular weight is 367 g/mol. The van der Waals surface area contributed by atoms with Crippen molar-refractivity contribution in [3.05, 3.63) is 58.1 Å². The highest BCUT2D eigenvalue weighted by atomic mass is 35.5. The van der Waals surface area contributed by atoms with Gasteiger partial charge in [0.15, 0.2) is 0 Å². The van der Waals surface area contributed by atoms with Crippen LogP contribution in [0.4, 0.5) is 5.69 Å². The maximum Gasteiger partial charge on any atom is 0.238 e. The number of anilines is 1. The Morgan fingerprint density at radius 3 is 2.67 bits per heavy atom. The fourth-order valence-corrected chi connectivity index (χ4v) is 2.83. The normalized spacial score (nSPS) is 11.8. The van der Waals surface area contributed by atoms with Crippen molar-refractivity contribution in [3.8, 4) is 5.75 Å². The van der Waals surface area contributed by atoms with Gasteiger partial charge in [0.2, 0.25) is 5.91 Å². The van der Waals surface area contributed by atoms with Gasteiger partial charge in [-0.05, 0) is 43.7 Å². The highest BCUT2D eigenvalue weighted by Gasteiger charge is 2.12. The minimum absolute atomic E-state index is 0.0809. The van der Waals surface area contributed by atoms with Crippen molar-refractivity contribution in [3.63, 3.8) is 0 Å². The monoisotopic (exact) mass is 366 g/mol. The average Bonchev–Trinajstić information content (AvgIpc) is 2.55. The van der Waals surface area contributed by atoms with Crippen molar-refractivity contribution in [2.24, 2.45) is 0 Å². The van der Waals surface area contributed by atoms with Crippen LogP contribution in [-0.4, -0.2) is 19.1 Å². The molecule has 0 radical (unpaired) electrons. The molecule has 24 heavy (non-hydrogen) atoms. The van der Waals surface area contributed by atoms with E-state index in [0.29, 0.717) is 28.1 Å². The smallest absolute Gasteiger partial charge is 0.238 e. The summed E-state index contributed by atoms with van der Waals surface area (Å²) in [5, 5.41) is 7.15. The third-order valence-corrected chi connectivity index (χ3v) is 4.02. The lowest BCUT2D eigenvalue weighted by Crippen LogP contribution is -2.30. The molecule has 0 heterocycles. The van der Waals surface area contributed by atoms with Crippen LogP contribution in [0.5, 0.6) is 5.75 Å². The minimum Gasteiger partial charge on any atom is -0.492 e. The SMILES string of the molecule is CCOc1ccccc1NC(=O)CNC(C)c1ccc(Cl)cc1Cl. The van der Waals surface area contributed by atoms with E-state index in [-0.39, 0.29) is 18.5 Å². The third-order valence-electron chi connectivity index (χ3n) is 3.46. The number of ether oxygens (including phenoxy) is 1. The first-order valence-electron chi connectivity index (χ1n) is 7.71. The van der Waals surface area contributed by atoms with Crippen LogP contribution in [0.25, 0.3) is 0 Å². The lowest BCUT2D eigenvalue weighted by molar-refractivity contribution is -0.115. The second kappa shape index (κ2) is 8.92. The quantitative estimate of drug-likeness (QED) is 0.747. The van der Waals surface area contributed by atoms with Crippen LogP contribution < -0.4 is 15.4 Å². The molecule has 0 aliphatic heterocycles. The van der Waals surface area contributed by atoms with Gasteiger partial charge in [-0.1, -0.05) is 41.4 Å². The second-order valence-corrected chi connectivity index (χ2v) is 6.09. The topological polar surface area (TPSA) is 50.4 Å². The van der Waals surface area contributed by atoms with Crippen LogP contribution in [0, 0.1) is 0 Å². The summed E-state index contributed by atoms with van der Waals surface area (Å²) in [5.74, 6) is 0.501. The Kier molecular flexibility index (Phi) is 6.91. The van der Waals surface area contributed by atoms with Gasteiger partial charge in [-0.25, -0.2) is 0 Å². The maximum atomic E-state index is 12.2. The van der Waals surface area contributed by atoms with Crippen molar-refractivity contribution in [2.45, 2.75) is 19.9 Å². The van der Waals surface area contributed by atoms with Crippen molar-refractivity contribution in [1.29, 1.82) is 0 Å². The highest BCUT2D eigenvalue weighted by Crippen LogP contribution is 2.26. The first-order valence-corrected chi connectivity index (χ1v) is 8.47. The standard InChI is InChI=1S/C18H20Cl2N2O2/c1-3-24-17-7-5-4-6-16(17)22-18(23)11-21-12(2)14-9-8-13(19)10-15(14)20/h4-10,12,21H,3,11H2,1-2H3,(H,22,23). The fourth-order valence-electron chi connectivity index (χ4n) is 2.25. The van der Waals surface area contributed by atoms with E-state index < -0.39 is 0 Å².